The molecule has 0 aliphatic carbocycles. The van der Waals surface area contributed by atoms with E-state index in [1.807, 2.05) is 43.3 Å². The highest BCUT2D eigenvalue weighted by molar-refractivity contribution is 6.31. The summed E-state index contributed by atoms with van der Waals surface area (Å²) >= 11 is 6.04. The molecule has 0 fully saturated rings. The molecule has 0 bridgehead atoms. The van der Waals surface area contributed by atoms with Crippen molar-refractivity contribution in [3.63, 3.8) is 0 Å². The van der Waals surface area contributed by atoms with Gasteiger partial charge in [0.1, 0.15) is 5.75 Å². The van der Waals surface area contributed by atoms with Crippen LogP contribution >= 0.6 is 11.6 Å². The number of nitrogens with one attached hydrogen (secondary N) is 1. The molecule has 0 saturated heterocycles. The SMILES string of the molecule is CCc1cc(OCC(=O)NCc2ccccc2)ccc1Cl. The van der Waals surface area contributed by atoms with Gasteiger partial charge >= 0.3 is 0 Å². The van der Waals surface area contributed by atoms with Gasteiger partial charge in [0.25, 0.3) is 5.91 Å². The van der Waals surface area contributed by atoms with Crippen molar-refractivity contribution in [2.45, 2.75) is 19.9 Å². The average Bonchev–Trinajstić information content (AvgIpc) is 2.53. The summed E-state index contributed by atoms with van der Waals surface area (Å²) in [6.45, 7) is 2.53. The Morgan fingerprint density at radius 3 is 2.67 bits per heavy atom. The van der Waals surface area contributed by atoms with E-state index in [1.54, 1.807) is 12.1 Å². The lowest BCUT2D eigenvalue weighted by Gasteiger charge is -2.09. The van der Waals surface area contributed by atoms with Crippen LogP contribution in [-0.2, 0) is 17.8 Å². The summed E-state index contributed by atoms with van der Waals surface area (Å²) in [6, 6.07) is 15.2. The maximum absolute atomic E-state index is 11.7. The Morgan fingerprint density at radius 2 is 1.95 bits per heavy atom. The quantitative estimate of drug-likeness (QED) is 0.885. The molecule has 110 valence electrons. The second kappa shape index (κ2) is 7.70. The van der Waals surface area contributed by atoms with Crippen molar-refractivity contribution in [2.24, 2.45) is 0 Å². The number of hydrogen-bond donors (Lipinski definition) is 1. The molecule has 4 heteroatoms. The number of carbonyl (C=O) groups excluding carboxylic acids is 1. The van der Waals surface area contributed by atoms with Gasteiger partial charge in [-0.25, -0.2) is 0 Å². The normalized spacial score (nSPS) is 10.2. The molecule has 0 heterocycles. The minimum atomic E-state index is -0.146. The first-order valence-corrected chi connectivity index (χ1v) is 7.28. The third kappa shape index (κ3) is 4.80. The van der Waals surface area contributed by atoms with Gasteiger partial charge in [-0.15, -0.1) is 0 Å². The minimum absolute atomic E-state index is 0.00236. The number of amides is 1. The summed E-state index contributed by atoms with van der Waals surface area (Å²) in [6.07, 6.45) is 0.830. The van der Waals surface area contributed by atoms with Crippen LogP contribution in [0.1, 0.15) is 18.1 Å². The van der Waals surface area contributed by atoms with Crippen LogP contribution in [0.25, 0.3) is 0 Å². The van der Waals surface area contributed by atoms with E-state index in [2.05, 4.69) is 5.32 Å². The molecule has 1 N–H and O–H groups in total. The highest BCUT2D eigenvalue weighted by atomic mass is 35.5. The van der Waals surface area contributed by atoms with Crippen LogP contribution in [0, 0.1) is 0 Å². The van der Waals surface area contributed by atoms with Crippen LogP contribution in [0.15, 0.2) is 48.5 Å². The van der Waals surface area contributed by atoms with Crippen molar-refractivity contribution in [3.05, 3.63) is 64.7 Å². The molecule has 0 aromatic heterocycles. The van der Waals surface area contributed by atoms with Gasteiger partial charge in [0.15, 0.2) is 6.61 Å². The van der Waals surface area contributed by atoms with Crippen molar-refractivity contribution in [1.29, 1.82) is 0 Å². The van der Waals surface area contributed by atoms with Gasteiger partial charge in [-0.2, -0.15) is 0 Å². The summed E-state index contributed by atoms with van der Waals surface area (Å²) in [7, 11) is 0. The van der Waals surface area contributed by atoms with E-state index in [-0.39, 0.29) is 12.5 Å². The van der Waals surface area contributed by atoms with Gasteiger partial charge < -0.3 is 10.1 Å². The first-order chi connectivity index (χ1) is 10.2. The lowest BCUT2D eigenvalue weighted by Crippen LogP contribution is -2.28. The zero-order valence-corrected chi connectivity index (χ0v) is 12.7. The fourth-order valence-corrected chi connectivity index (χ4v) is 2.16. The van der Waals surface area contributed by atoms with Crippen molar-refractivity contribution >= 4 is 17.5 Å². The number of benzene rings is 2. The van der Waals surface area contributed by atoms with Gasteiger partial charge in [-0.05, 0) is 35.7 Å². The lowest BCUT2D eigenvalue weighted by molar-refractivity contribution is -0.123. The van der Waals surface area contributed by atoms with Crippen LogP contribution < -0.4 is 10.1 Å². The molecule has 0 unspecified atom stereocenters. The second-order valence-electron chi connectivity index (χ2n) is 4.66. The third-order valence-corrected chi connectivity index (χ3v) is 3.47. The van der Waals surface area contributed by atoms with Crippen molar-refractivity contribution < 1.29 is 9.53 Å². The van der Waals surface area contributed by atoms with Crippen LogP contribution in [0.5, 0.6) is 5.75 Å². The molecular weight excluding hydrogens is 286 g/mol. The van der Waals surface area contributed by atoms with E-state index in [0.29, 0.717) is 12.3 Å². The number of ether oxygens (including phenoxy) is 1. The molecule has 2 aromatic rings. The molecule has 0 radical (unpaired) electrons. The zero-order valence-electron chi connectivity index (χ0n) is 11.9. The van der Waals surface area contributed by atoms with E-state index in [1.165, 1.54) is 0 Å². The second-order valence-corrected chi connectivity index (χ2v) is 5.06. The van der Waals surface area contributed by atoms with E-state index < -0.39 is 0 Å². The smallest absolute Gasteiger partial charge is 0.258 e. The van der Waals surface area contributed by atoms with E-state index in [4.69, 9.17) is 16.3 Å². The highest BCUT2D eigenvalue weighted by Gasteiger charge is 2.05. The first-order valence-electron chi connectivity index (χ1n) is 6.91. The van der Waals surface area contributed by atoms with Crippen LogP contribution in [0.3, 0.4) is 0 Å². The molecule has 21 heavy (non-hydrogen) atoms. The van der Waals surface area contributed by atoms with E-state index in [0.717, 1.165) is 22.6 Å². The van der Waals surface area contributed by atoms with Crippen molar-refractivity contribution in [3.8, 4) is 5.75 Å². The van der Waals surface area contributed by atoms with Crippen LogP contribution in [0.4, 0.5) is 0 Å². The standard InChI is InChI=1S/C17H18ClNO2/c1-2-14-10-15(8-9-16(14)18)21-12-17(20)19-11-13-6-4-3-5-7-13/h3-10H,2,11-12H2,1H3,(H,19,20). The van der Waals surface area contributed by atoms with Crippen molar-refractivity contribution in [1.82, 2.24) is 5.32 Å². The van der Waals surface area contributed by atoms with Gasteiger partial charge in [-0.3, -0.25) is 4.79 Å². The molecule has 0 saturated carbocycles. The predicted octanol–water partition coefficient (Wildman–Crippen LogP) is 3.60. The summed E-state index contributed by atoms with van der Waals surface area (Å²) < 4.78 is 5.48. The number of halogens is 1. The fraction of sp³-hybridized carbons (Fsp3) is 0.235. The summed E-state index contributed by atoms with van der Waals surface area (Å²) in [5.41, 5.74) is 2.07. The Labute approximate surface area is 129 Å². The minimum Gasteiger partial charge on any atom is -0.484 e. The maximum Gasteiger partial charge on any atom is 0.258 e. The Morgan fingerprint density at radius 1 is 1.19 bits per heavy atom. The molecule has 2 rings (SSSR count). The topological polar surface area (TPSA) is 38.3 Å². The Kier molecular flexibility index (Phi) is 5.64. The van der Waals surface area contributed by atoms with Gasteiger partial charge in [0.05, 0.1) is 0 Å². The van der Waals surface area contributed by atoms with Crippen molar-refractivity contribution in [2.75, 3.05) is 6.61 Å². The summed E-state index contributed by atoms with van der Waals surface area (Å²) in [5.74, 6) is 0.512. The zero-order chi connectivity index (χ0) is 15.1. The summed E-state index contributed by atoms with van der Waals surface area (Å²) in [5, 5.41) is 3.54. The molecule has 0 atom stereocenters. The predicted molar refractivity (Wildman–Crippen MR) is 84.6 cm³/mol. The first kappa shape index (κ1) is 15.4. The lowest BCUT2D eigenvalue weighted by atomic mass is 10.1. The number of aryl methyl sites for hydroxylation is 1. The number of rotatable bonds is 6. The Hall–Kier alpha value is -2.00. The Balaban J connectivity index is 1.81. The Bertz CT molecular complexity index is 599. The summed E-state index contributed by atoms with van der Waals surface area (Å²) in [4.78, 5) is 11.7. The molecular formula is C17H18ClNO2. The largest absolute Gasteiger partial charge is 0.484 e. The van der Waals surface area contributed by atoms with Gasteiger partial charge in [0, 0.05) is 11.6 Å². The third-order valence-electron chi connectivity index (χ3n) is 3.10. The molecule has 0 spiro atoms. The number of carbonyl (C=O) groups is 1. The van der Waals surface area contributed by atoms with E-state index in [9.17, 15) is 4.79 Å². The molecule has 0 aliphatic rings. The van der Waals surface area contributed by atoms with Crippen LogP contribution in [0.2, 0.25) is 5.02 Å². The fourth-order valence-electron chi connectivity index (χ4n) is 1.91. The van der Waals surface area contributed by atoms with Gasteiger partial charge in [0.2, 0.25) is 0 Å². The highest BCUT2D eigenvalue weighted by Crippen LogP contribution is 2.22. The number of hydrogen-bond acceptors (Lipinski definition) is 2. The maximum atomic E-state index is 11.7. The van der Waals surface area contributed by atoms with Gasteiger partial charge in [-0.1, -0.05) is 48.9 Å². The molecule has 1 amide bonds. The average molecular weight is 304 g/mol. The molecule has 0 aliphatic heterocycles. The van der Waals surface area contributed by atoms with Crippen LogP contribution in [-0.4, -0.2) is 12.5 Å². The molecule has 3 nitrogen and oxygen atoms in total. The molecule has 2 aromatic carbocycles. The van der Waals surface area contributed by atoms with E-state index >= 15 is 0 Å². The monoisotopic (exact) mass is 303 g/mol.